The maximum atomic E-state index is 12.4. The second-order valence-corrected chi connectivity index (χ2v) is 12.9. The van der Waals surface area contributed by atoms with Crippen molar-refractivity contribution in [2.45, 2.75) is 49.1 Å². The van der Waals surface area contributed by atoms with Crippen LogP contribution in [0.25, 0.3) is 22.6 Å². The topological polar surface area (TPSA) is 120 Å². The van der Waals surface area contributed by atoms with Crippen LogP contribution in [0.15, 0.2) is 40.8 Å². The summed E-state index contributed by atoms with van der Waals surface area (Å²) >= 11 is 6.99. The molecule has 4 rings (SSSR count). The number of fused-ring (bicyclic) bond motifs is 1. The molecule has 9 nitrogen and oxygen atoms in total. The lowest BCUT2D eigenvalue weighted by Gasteiger charge is -2.33. The minimum absolute atomic E-state index is 0.0611. The number of carbonyl (C=O) groups excluding carboxylic acids is 2. The van der Waals surface area contributed by atoms with E-state index in [4.69, 9.17) is 19.6 Å². The van der Waals surface area contributed by atoms with Gasteiger partial charge >= 0.3 is 6.09 Å². The Morgan fingerprint density at radius 2 is 1.86 bits per heavy atom. The van der Waals surface area contributed by atoms with Gasteiger partial charge in [0.15, 0.2) is 5.58 Å². The number of amides is 2. The van der Waals surface area contributed by atoms with Crippen molar-refractivity contribution >= 4 is 66.3 Å². The number of nitrogen functional groups attached to an aromatic ring is 1. The molecule has 1 saturated heterocycles. The summed E-state index contributed by atoms with van der Waals surface area (Å²) in [6.07, 6.45) is 0.919. The minimum atomic E-state index is -0.522. The van der Waals surface area contributed by atoms with Crippen molar-refractivity contribution in [3.05, 3.63) is 42.0 Å². The van der Waals surface area contributed by atoms with E-state index in [1.807, 2.05) is 39.0 Å². The summed E-state index contributed by atoms with van der Waals surface area (Å²) < 4.78 is 17.1. The molecule has 11 heteroatoms. The Bertz CT molecular complexity index is 1260. The summed E-state index contributed by atoms with van der Waals surface area (Å²) in [5, 5.41) is 2.84. The van der Waals surface area contributed by atoms with E-state index in [9.17, 15) is 9.59 Å². The lowest BCUT2D eigenvalue weighted by Crippen LogP contribution is -2.43. The maximum Gasteiger partial charge on any atom is 0.410 e. The number of hydrogen-bond donors (Lipinski definition) is 2. The first-order valence-electron chi connectivity index (χ1n) is 12.0. The van der Waals surface area contributed by atoms with Gasteiger partial charge < -0.3 is 29.8 Å². The largest absolute Gasteiger partial charge is 0.444 e. The van der Waals surface area contributed by atoms with Gasteiger partial charge in [-0.3, -0.25) is 4.79 Å². The number of likely N-dealkylation sites (tertiary alicyclic amines) is 1. The molecular formula is C26H30Br2N4O5. The summed E-state index contributed by atoms with van der Waals surface area (Å²) in [7, 11) is 0. The van der Waals surface area contributed by atoms with E-state index in [1.54, 1.807) is 23.1 Å². The van der Waals surface area contributed by atoms with E-state index < -0.39 is 5.60 Å². The van der Waals surface area contributed by atoms with Gasteiger partial charge in [-0.2, -0.15) is 0 Å². The van der Waals surface area contributed by atoms with Crippen molar-refractivity contribution in [3.8, 4) is 11.5 Å². The van der Waals surface area contributed by atoms with Crippen molar-refractivity contribution in [1.82, 2.24) is 9.88 Å². The zero-order valence-corrected chi connectivity index (χ0v) is 24.1. The van der Waals surface area contributed by atoms with E-state index in [1.165, 1.54) is 0 Å². The normalized spacial score (nSPS) is 14.8. The molecule has 1 aliphatic rings. The zero-order chi connectivity index (χ0) is 26.7. The fraction of sp³-hybridized carbons (Fsp3) is 0.423. The van der Waals surface area contributed by atoms with Crippen LogP contribution >= 0.6 is 31.9 Å². The molecule has 0 bridgehead atoms. The lowest BCUT2D eigenvalue weighted by atomic mass is 10.1. The molecule has 198 valence electrons. The van der Waals surface area contributed by atoms with Crippen LogP contribution in [0.2, 0.25) is 0 Å². The number of hydrogen-bond acceptors (Lipinski definition) is 7. The lowest BCUT2D eigenvalue weighted by molar-refractivity contribution is -0.123. The monoisotopic (exact) mass is 636 g/mol. The van der Waals surface area contributed by atoms with Crippen LogP contribution in [-0.4, -0.2) is 53.3 Å². The highest BCUT2D eigenvalue weighted by Crippen LogP contribution is 2.38. The van der Waals surface area contributed by atoms with Gasteiger partial charge in [0.25, 0.3) is 0 Å². The number of rotatable bonds is 6. The molecule has 2 heterocycles. The van der Waals surface area contributed by atoms with Crippen molar-refractivity contribution in [2.75, 3.05) is 30.7 Å². The third-order valence-electron chi connectivity index (χ3n) is 5.74. The molecule has 1 fully saturated rings. The van der Waals surface area contributed by atoms with Gasteiger partial charge in [-0.25, -0.2) is 9.78 Å². The van der Waals surface area contributed by atoms with Gasteiger partial charge in [0.2, 0.25) is 11.8 Å². The van der Waals surface area contributed by atoms with Gasteiger partial charge in [0.1, 0.15) is 17.7 Å². The summed E-state index contributed by atoms with van der Waals surface area (Å²) in [5.74, 6) is 0.214. The smallest absolute Gasteiger partial charge is 0.410 e. The van der Waals surface area contributed by atoms with Gasteiger partial charge in [-0.15, -0.1) is 0 Å². The van der Waals surface area contributed by atoms with Gasteiger partial charge in [0.05, 0.1) is 9.84 Å². The number of carbonyl (C=O) groups is 2. The molecule has 3 N–H and O–H groups in total. The van der Waals surface area contributed by atoms with E-state index in [0.29, 0.717) is 54.3 Å². The first-order valence-corrected chi connectivity index (χ1v) is 13.8. The van der Waals surface area contributed by atoms with Gasteiger partial charge in [0, 0.05) is 35.6 Å². The molecule has 0 aliphatic carbocycles. The van der Waals surface area contributed by atoms with Crippen molar-refractivity contribution in [3.63, 3.8) is 0 Å². The second-order valence-electron chi connectivity index (χ2n) is 9.88. The van der Waals surface area contributed by atoms with Crippen LogP contribution in [0.4, 0.5) is 16.2 Å². The highest BCUT2D eigenvalue weighted by Gasteiger charge is 2.27. The van der Waals surface area contributed by atoms with Crippen LogP contribution in [-0.2, 0) is 14.3 Å². The predicted octanol–water partition coefficient (Wildman–Crippen LogP) is 6.22. The van der Waals surface area contributed by atoms with Crippen molar-refractivity contribution in [1.29, 1.82) is 0 Å². The molecule has 37 heavy (non-hydrogen) atoms. The number of piperidine rings is 1. The Morgan fingerprint density at radius 3 is 2.49 bits per heavy atom. The Labute approximate surface area is 232 Å². The highest BCUT2D eigenvalue weighted by molar-refractivity contribution is 9.24. The fourth-order valence-electron chi connectivity index (χ4n) is 3.99. The average Bonchev–Trinajstić information content (AvgIpc) is 3.25. The first-order chi connectivity index (χ1) is 17.5. The molecule has 3 aromatic rings. The van der Waals surface area contributed by atoms with Gasteiger partial charge in [-0.1, -0.05) is 31.9 Å². The Morgan fingerprint density at radius 1 is 1.19 bits per heavy atom. The number of anilines is 2. The summed E-state index contributed by atoms with van der Waals surface area (Å²) in [6.45, 7) is 6.56. The predicted molar refractivity (Wildman–Crippen MR) is 150 cm³/mol. The summed E-state index contributed by atoms with van der Waals surface area (Å²) in [5.41, 5.74) is 9.65. The molecule has 0 atom stereocenters. The molecule has 1 aliphatic heterocycles. The molecular weight excluding hydrogens is 608 g/mol. The Kier molecular flexibility index (Phi) is 8.45. The third kappa shape index (κ3) is 7.24. The Hall–Kier alpha value is -2.63. The van der Waals surface area contributed by atoms with E-state index >= 15 is 0 Å². The van der Waals surface area contributed by atoms with Crippen LogP contribution < -0.4 is 11.1 Å². The molecule has 0 spiro atoms. The quantitative estimate of drug-likeness (QED) is 0.243. The maximum absolute atomic E-state index is 12.4. The minimum Gasteiger partial charge on any atom is -0.444 e. The third-order valence-corrected chi connectivity index (χ3v) is 6.72. The summed E-state index contributed by atoms with van der Waals surface area (Å²) in [6, 6.07) is 10.8. The number of benzene rings is 2. The summed E-state index contributed by atoms with van der Waals surface area (Å²) in [4.78, 5) is 30.8. The van der Waals surface area contributed by atoms with Crippen molar-refractivity contribution in [2.24, 2.45) is 0 Å². The van der Waals surface area contributed by atoms with Crippen molar-refractivity contribution < 1.29 is 23.5 Å². The number of nitrogens with zero attached hydrogens (tertiary/aromatic N) is 2. The van der Waals surface area contributed by atoms with Crippen LogP contribution in [0.5, 0.6) is 0 Å². The van der Waals surface area contributed by atoms with Gasteiger partial charge in [-0.05, 0) is 70.0 Å². The number of nitrogens with two attached hydrogens (primary N) is 1. The Balaban J connectivity index is 1.28. The number of alkyl halides is 2. The highest BCUT2D eigenvalue weighted by atomic mass is 79.9. The molecule has 0 radical (unpaired) electrons. The molecule has 0 unspecified atom stereocenters. The van der Waals surface area contributed by atoms with E-state index in [2.05, 4.69) is 42.2 Å². The number of nitrogens with one attached hydrogen (secondary N) is 1. The standard InChI is InChI=1S/C26H30Br2N4O5/c1-26(2,3)37-25(34)32-10-8-18(9-11-32)35-14-21(33)30-17-6-4-15(5-7-17)24-31-20-13-16(29)12-19(23(27)28)22(20)36-24/h4-7,12-13,18,23H,8-11,14,29H2,1-3H3,(H,30,33). The number of halogens is 2. The molecule has 2 amide bonds. The molecule has 0 saturated carbocycles. The number of aromatic nitrogens is 1. The van der Waals surface area contributed by atoms with Crippen LogP contribution in [0.3, 0.4) is 0 Å². The zero-order valence-electron chi connectivity index (χ0n) is 20.9. The van der Waals surface area contributed by atoms with E-state index in [0.717, 1.165) is 11.1 Å². The van der Waals surface area contributed by atoms with Crippen LogP contribution in [0.1, 0.15) is 42.9 Å². The second kappa shape index (κ2) is 11.4. The first kappa shape index (κ1) is 27.4. The van der Waals surface area contributed by atoms with Crippen LogP contribution in [0, 0.1) is 0 Å². The average molecular weight is 638 g/mol. The number of ether oxygens (including phenoxy) is 2. The number of oxazole rings is 1. The molecule has 1 aromatic heterocycles. The SMILES string of the molecule is CC(C)(C)OC(=O)N1CCC(OCC(=O)Nc2ccc(-c3nc4cc(N)cc(C(Br)Br)c4o3)cc2)CC1. The molecule has 2 aromatic carbocycles. The fourth-order valence-corrected chi connectivity index (χ4v) is 4.67. The van der Waals surface area contributed by atoms with E-state index in [-0.39, 0.29) is 28.4 Å².